The lowest BCUT2D eigenvalue weighted by Crippen LogP contribution is -2.13. The molecule has 2 N–H and O–H groups in total. The highest BCUT2D eigenvalue weighted by Crippen LogP contribution is 2.35. The Balaban J connectivity index is 2.40. The van der Waals surface area contributed by atoms with Crippen molar-refractivity contribution in [2.45, 2.75) is 39.5 Å². The molecule has 0 bridgehead atoms. The van der Waals surface area contributed by atoms with Gasteiger partial charge in [0.05, 0.1) is 17.3 Å². The fraction of sp³-hybridized carbons (Fsp3) is 0.471. The average Bonchev–Trinajstić information content (AvgIpc) is 2.87. The number of nitrogens with zero attached hydrogens (tertiary/aromatic N) is 1. The zero-order valence-electron chi connectivity index (χ0n) is 13.3. The second kappa shape index (κ2) is 6.58. The van der Waals surface area contributed by atoms with Gasteiger partial charge < -0.3 is 10.5 Å². The lowest BCUT2D eigenvalue weighted by atomic mass is 9.85. The molecular weight excluding hydrogens is 280 g/mol. The van der Waals surface area contributed by atoms with Gasteiger partial charge in [0.2, 0.25) is 0 Å². The van der Waals surface area contributed by atoms with Crippen LogP contribution in [0.2, 0.25) is 0 Å². The Labute approximate surface area is 131 Å². The number of thiazole rings is 1. The molecule has 0 radical (unpaired) electrons. The summed E-state index contributed by atoms with van der Waals surface area (Å²) in [6.45, 7) is 9.95. The van der Waals surface area contributed by atoms with Crippen LogP contribution in [0.5, 0.6) is 5.75 Å². The molecule has 3 nitrogen and oxygen atoms in total. The summed E-state index contributed by atoms with van der Waals surface area (Å²) in [4.78, 5) is 4.67. The second-order valence-electron chi connectivity index (χ2n) is 6.06. The van der Waals surface area contributed by atoms with Crippen LogP contribution in [-0.2, 0) is 11.8 Å². The van der Waals surface area contributed by atoms with Gasteiger partial charge in [0.15, 0.2) is 0 Å². The van der Waals surface area contributed by atoms with Crippen molar-refractivity contribution in [3.8, 4) is 17.0 Å². The zero-order chi connectivity index (χ0) is 15.5. The minimum atomic E-state index is 0.0383. The molecule has 1 heterocycles. The Morgan fingerprint density at radius 1 is 1.29 bits per heavy atom. The van der Waals surface area contributed by atoms with E-state index < -0.39 is 0 Å². The molecule has 0 saturated heterocycles. The number of aromatic nitrogens is 1. The molecule has 0 fully saturated rings. The molecule has 1 aromatic heterocycles. The predicted octanol–water partition coefficient (Wildman–Crippen LogP) is 4.01. The lowest BCUT2D eigenvalue weighted by molar-refractivity contribution is 0.330. The standard InChI is InChI=1S/C17H24N2OS/c1-5-20-15-7-6-12(10-13(15)17(2,3)4)14-11-21-16(19-14)8-9-18/h6-7,10-11H,5,8-9,18H2,1-4H3. The van der Waals surface area contributed by atoms with Gasteiger partial charge in [-0.15, -0.1) is 11.3 Å². The van der Waals surface area contributed by atoms with Crippen LogP contribution < -0.4 is 10.5 Å². The van der Waals surface area contributed by atoms with Gasteiger partial charge in [-0.1, -0.05) is 20.8 Å². The van der Waals surface area contributed by atoms with Crippen molar-refractivity contribution in [2.24, 2.45) is 5.73 Å². The zero-order valence-corrected chi connectivity index (χ0v) is 14.1. The summed E-state index contributed by atoms with van der Waals surface area (Å²) < 4.78 is 5.76. The topological polar surface area (TPSA) is 48.1 Å². The van der Waals surface area contributed by atoms with Crippen LogP contribution in [0.25, 0.3) is 11.3 Å². The molecular formula is C17H24N2OS. The molecule has 0 amide bonds. The van der Waals surface area contributed by atoms with Gasteiger partial charge in [-0.2, -0.15) is 0 Å². The summed E-state index contributed by atoms with van der Waals surface area (Å²) in [6, 6.07) is 6.34. The van der Waals surface area contributed by atoms with E-state index in [0.717, 1.165) is 28.4 Å². The van der Waals surface area contributed by atoms with Crippen molar-refractivity contribution in [3.63, 3.8) is 0 Å². The van der Waals surface area contributed by atoms with Crippen LogP contribution >= 0.6 is 11.3 Å². The van der Waals surface area contributed by atoms with Crippen LogP contribution in [0.15, 0.2) is 23.6 Å². The summed E-state index contributed by atoms with van der Waals surface area (Å²) in [7, 11) is 0. The maximum atomic E-state index is 5.76. The van der Waals surface area contributed by atoms with Crippen LogP contribution in [-0.4, -0.2) is 18.1 Å². The predicted molar refractivity (Wildman–Crippen MR) is 90.2 cm³/mol. The number of hydrogen-bond donors (Lipinski definition) is 1. The molecule has 2 rings (SSSR count). The van der Waals surface area contributed by atoms with E-state index in [-0.39, 0.29) is 5.41 Å². The average molecular weight is 304 g/mol. The molecule has 2 aromatic rings. The van der Waals surface area contributed by atoms with Gasteiger partial charge in [-0.05, 0) is 37.1 Å². The minimum Gasteiger partial charge on any atom is -0.494 e. The maximum absolute atomic E-state index is 5.76. The Hall–Kier alpha value is -1.39. The first-order valence-corrected chi connectivity index (χ1v) is 8.26. The molecule has 114 valence electrons. The highest BCUT2D eigenvalue weighted by Gasteiger charge is 2.20. The third kappa shape index (κ3) is 3.83. The fourth-order valence-corrected chi connectivity index (χ4v) is 3.06. The Morgan fingerprint density at radius 2 is 2.05 bits per heavy atom. The SMILES string of the molecule is CCOc1ccc(-c2csc(CCN)n2)cc1C(C)(C)C. The summed E-state index contributed by atoms with van der Waals surface area (Å²) >= 11 is 1.67. The molecule has 0 unspecified atom stereocenters. The van der Waals surface area contributed by atoms with Crippen molar-refractivity contribution in [3.05, 3.63) is 34.2 Å². The first-order valence-electron chi connectivity index (χ1n) is 7.38. The van der Waals surface area contributed by atoms with E-state index in [1.165, 1.54) is 5.56 Å². The van der Waals surface area contributed by atoms with Crippen molar-refractivity contribution in [1.29, 1.82) is 0 Å². The lowest BCUT2D eigenvalue weighted by Gasteiger charge is -2.23. The van der Waals surface area contributed by atoms with Crippen LogP contribution in [0.3, 0.4) is 0 Å². The van der Waals surface area contributed by atoms with E-state index in [0.29, 0.717) is 13.2 Å². The maximum Gasteiger partial charge on any atom is 0.123 e. The Kier molecular flexibility index (Phi) is 5.01. The Bertz CT molecular complexity index is 599. The smallest absolute Gasteiger partial charge is 0.123 e. The van der Waals surface area contributed by atoms with Crippen molar-refractivity contribution < 1.29 is 4.74 Å². The highest BCUT2D eigenvalue weighted by molar-refractivity contribution is 7.09. The second-order valence-corrected chi connectivity index (χ2v) is 7.00. The first kappa shape index (κ1) is 16.0. The Morgan fingerprint density at radius 3 is 2.67 bits per heavy atom. The number of ether oxygens (including phenoxy) is 1. The van der Waals surface area contributed by atoms with Crippen LogP contribution in [0.4, 0.5) is 0 Å². The van der Waals surface area contributed by atoms with E-state index in [4.69, 9.17) is 10.5 Å². The van der Waals surface area contributed by atoms with E-state index in [9.17, 15) is 0 Å². The van der Waals surface area contributed by atoms with E-state index in [1.807, 2.05) is 6.92 Å². The van der Waals surface area contributed by atoms with E-state index in [2.05, 4.69) is 49.3 Å². The highest BCUT2D eigenvalue weighted by atomic mass is 32.1. The van der Waals surface area contributed by atoms with E-state index >= 15 is 0 Å². The molecule has 21 heavy (non-hydrogen) atoms. The number of benzene rings is 1. The molecule has 0 aliphatic rings. The molecule has 0 saturated carbocycles. The van der Waals surface area contributed by atoms with Crippen LogP contribution in [0, 0.1) is 0 Å². The number of rotatable bonds is 5. The monoisotopic (exact) mass is 304 g/mol. The van der Waals surface area contributed by atoms with Gasteiger partial charge in [-0.25, -0.2) is 4.98 Å². The van der Waals surface area contributed by atoms with Gasteiger partial charge in [0.1, 0.15) is 5.75 Å². The van der Waals surface area contributed by atoms with E-state index in [1.54, 1.807) is 11.3 Å². The summed E-state index contributed by atoms with van der Waals surface area (Å²) in [5.41, 5.74) is 9.02. The largest absolute Gasteiger partial charge is 0.494 e. The normalized spacial score (nSPS) is 11.7. The van der Waals surface area contributed by atoms with Gasteiger partial charge in [0.25, 0.3) is 0 Å². The van der Waals surface area contributed by atoms with Gasteiger partial charge in [0, 0.05) is 22.9 Å². The van der Waals surface area contributed by atoms with Crippen molar-refractivity contribution in [2.75, 3.05) is 13.2 Å². The van der Waals surface area contributed by atoms with Crippen LogP contribution in [0.1, 0.15) is 38.3 Å². The minimum absolute atomic E-state index is 0.0383. The molecule has 4 heteroatoms. The summed E-state index contributed by atoms with van der Waals surface area (Å²) in [5.74, 6) is 0.964. The number of nitrogens with two attached hydrogens (primary N) is 1. The molecule has 1 aromatic carbocycles. The summed E-state index contributed by atoms with van der Waals surface area (Å²) in [6.07, 6.45) is 0.841. The molecule has 0 aliphatic carbocycles. The third-order valence-electron chi connectivity index (χ3n) is 3.29. The first-order chi connectivity index (χ1) is 9.95. The molecule has 0 atom stereocenters. The van der Waals surface area contributed by atoms with Gasteiger partial charge >= 0.3 is 0 Å². The van der Waals surface area contributed by atoms with Crippen molar-refractivity contribution in [1.82, 2.24) is 4.98 Å². The fourth-order valence-electron chi connectivity index (χ4n) is 2.24. The quantitative estimate of drug-likeness (QED) is 0.908. The third-order valence-corrected chi connectivity index (χ3v) is 4.20. The number of hydrogen-bond acceptors (Lipinski definition) is 4. The molecule has 0 spiro atoms. The van der Waals surface area contributed by atoms with Crippen molar-refractivity contribution >= 4 is 11.3 Å². The molecule has 0 aliphatic heterocycles. The van der Waals surface area contributed by atoms with Gasteiger partial charge in [-0.3, -0.25) is 0 Å². The summed E-state index contributed by atoms with van der Waals surface area (Å²) in [5, 5.41) is 3.20.